The van der Waals surface area contributed by atoms with E-state index in [-0.39, 0.29) is 18.7 Å². The molecule has 0 saturated heterocycles. The highest BCUT2D eigenvalue weighted by Crippen LogP contribution is 2.17. The fourth-order valence-electron chi connectivity index (χ4n) is 1.74. The molecule has 0 aliphatic rings. The number of anilines is 1. The third-order valence-corrected chi connectivity index (χ3v) is 2.92. The highest BCUT2D eigenvalue weighted by molar-refractivity contribution is 5.93. The van der Waals surface area contributed by atoms with E-state index < -0.39 is 18.1 Å². The van der Waals surface area contributed by atoms with E-state index in [4.69, 9.17) is 9.84 Å². The molecule has 0 saturated carbocycles. The summed E-state index contributed by atoms with van der Waals surface area (Å²) in [7, 11) is 2.99. The number of benzene rings is 1. The number of likely N-dealkylation sites (N-methyl/N-ethyl adjacent to an activating group) is 1. The maximum Gasteiger partial charge on any atom is 0.335 e. The number of hydrogen-bond donors (Lipinski definition) is 3. The summed E-state index contributed by atoms with van der Waals surface area (Å²) in [5, 5.41) is 21.2. The molecule has 0 aromatic heterocycles. The number of aliphatic hydroxyl groups excluding tert-OH is 1. The number of ether oxygens (including phenoxy) is 1. The van der Waals surface area contributed by atoms with Gasteiger partial charge in [0.15, 0.2) is 0 Å². The van der Waals surface area contributed by atoms with Crippen molar-refractivity contribution < 1.29 is 24.5 Å². The lowest BCUT2D eigenvalue weighted by molar-refractivity contribution is 0.0501. The summed E-state index contributed by atoms with van der Waals surface area (Å²) in [4.78, 5) is 24.2. The van der Waals surface area contributed by atoms with Crippen LogP contribution in [-0.2, 0) is 4.74 Å². The lowest BCUT2D eigenvalue weighted by Gasteiger charge is -2.21. The predicted molar refractivity (Wildman–Crippen MR) is 77.7 cm³/mol. The first kappa shape index (κ1) is 16.9. The van der Waals surface area contributed by atoms with E-state index in [9.17, 15) is 14.7 Å². The van der Waals surface area contributed by atoms with Gasteiger partial charge in [-0.25, -0.2) is 9.59 Å². The largest absolute Gasteiger partial charge is 0.478 e. The molecule has 1 aromatic rings. The number of carboxylic acid groups (broad SMARTS) is 1. The van der Waals surface area contributed by atoms with Crippen molar-refractivity contribution in [1.82, 2.24) is 4.90 Å². The van der Waals surface area contributed by atoms with Gasteiger partial charge in [-0.3, -0.25) is 0 Å². The van der Waals surface area contributed by atoms with E-state index in [0.717, 1.165) is 5.56 Å². The number of urea groups is 1. The Bertz CT molecular complexity index is 518. The Kier molecular flexibility index (Phi) is 6.13. The molecule has 1 aromatic carbocycles. The van der Waals surface area contributed by atoms with E-state index in [2.05, 4.69) is 5.32 Å². The van der Waals surface area contributed by atoms with Crippen LogP contribution in [-0.4, -0.2) is 60.5 Å². The van der Waals surface area contributed by atoms with Crippen molar-refractivity contribution >= 4 is 17.7 Å². The molecule has 3 N–H and O–H groups in total. The number of aryl methyl sites for hydroxylation is 1. The fourth-order valence-corrected chi connectivity index (χ4v) is 1.74. The summed E-state index contributed by atoms with van der Waals surface area (Å²) < 4.78 is 4.79. The van der Waals surface area contributed by atoms with Crippen LogP contribution in [0.3, 0.4) is 0 Å². The molecule has 1 rings (SSSR count). The quantitative estimate of drug-likeness (QED) is 0.731. The highest BCUT2D eigenvalue weighted by Gasteiger charge is 2.15. The van der Waals surface area contributed by atoms with E-state index >= 15 is 0 Å². The normalized spacial score (nSPS) is 11.8. The maximum absolute atomic E-state index is 12.0. The molecule has 2 amide bonds. The number of amides is 2. The number of carbonyl (C=O) groups is 2. The van der Waals surface area contributed by atoms with Crippen LogP contribution in [0.5, 0.6) is 0 Å². The Morgan fingerprint density at radius 3 is 2.67 bits per heavy atom. The second-order valence-corrected chi connectivity index (χ2v) is 4.75. The molecular formula is C14H20N2O5. The van der Waals surface area contributed by atoms with E-state index in [1.54, 1.807) is 13.0 Å². The number of methoxy groups -OCH3 is 1. The average molecular weight is 296 g/mol. The first-order valence-electron chi connectivity index (χ1n) is 6.38. The summed E-state index contributed by atoms with van der Waals surface area (Å²) in [6, 6.07) is 4.06. The van der Waals surface area contributed by atoms with Gasteiger partial charge in [0.25, 0.3) is 0 Å². The minimum atomic E-state index is -1.06. The number of rotatable bonds is 6. The van der Waals surface area contributed by atoms with Crippen molar-refractivity contribution in [2.45, 2.75) is 13.0 Å². The molecule has 1 unspecified atom stereocenters. The monoisotopic (exact) mass is 296 g/mol. The zero-order valence-corrected chi connectivity index (χ0v) is 12.3. The first-order chi connectivity index (χ1) is 9.85. The molecule has 0 bridgehead atoms. The van der Waals surface area contributed by atoms with Crippen LogP contribution < -0.4 is 5.32 Å². The number of aliphatic hydroxyl groups is 1. The SMILES string of the molecule is COCC(O)CN(C)C(=O)Nc1cc(C(=O)O)ccc1C. The van der Waals surface area contributed by atoms with E-state index in [0.29, 0.717) is 5.69 Å². The molecule has 21 heavy (non-hydrogen) atoms. The number of nitrogens with one attached hydrogen (secondary N) is 1. The minimum absolute atomic E-state index is 0.0953. The molecule has 0 aliphatic heterocycles. The van der Waals surface area contributed by atoms with Gasteiger partial charge in [-0.05, 0) is 24.6 Å². The van der Waals surface area contributed by atoms with Gasteiger partial charge in [-0.15, -0.1) is 0 Å². The van der Waals surface area contributed by atoms with Gasteiger partial charge in [0.2, 0.25) is 0 Å². The summed E-state index contributed by atoms with van der Waals surface area (Å²) >= 11 is 0. The Balaban J connectivity index is 2.74. The van der Waals surface area contributed by atoms with Crippen molar-refractivity contribution in [2.24, 2.45) is 0 Å². The lowest BCUT2D eigenvalue weighted by Crippen LogP contribution is -2.38. The molecule has 116 valence electrons. The van der Waals surface area contributed by atoms with Gasteiger partial charge in [-0.2, -0.15) is 0 Å². The minimum Gasteiger partial charge on any atom is -0.478 e. The molecule has 0 aliphatic carbocycles. The number of carboxylic acids is 1. The van der Waals surface area contributed by atoms with Crippen molar-refractivity contribution in [3.05, 3.63) is 29.3 Å². The molecule has 7 heteroatoms. The summed E-state index contributed by atoms with van der Waals surface area (Å²) in [6.45, 7) is 2.00. The van der Waals surface area contributed by atoms with E-state index in [1.807, 2.05) is 0 Å². The summed E-state index contributed by atoms with van der Waals surface area (Å²) in [5.74, 6) is -1.06. The first-order valence-corrected chi connectivity index (χ1v) is 6.38. The Labute approximate surface area is 123 Å². The smallest absolute Gasteiger partial charge is 0.335 e. The Morgan fingerprint density at radius 1 is 1.43 bits per heavy atom. The molecule has 0 spiro atoms. The summed E-state index contributed by atoms with van der Waals surface area (Å²) in [6.07, 6.45) is -0.780. The van der Waals surface area contributed by atoms with Gasteiger partial charge in [0.05, 0.1) is 24.8 Å². The number of aromatic carboxylic acids is 1. The maximum atomic E-state index is 12.0. The van der Waals surface area contributed by atoms with Crippen LogP contribution in [0.4, 0.5) is 10.5 Å². The molecule has 0 radical (unpaired) electrons. The van der Waals surface area contributed by atoms with Crippen molar-refractivity contribution in [2.75, 3.05) is 32.6 Å². The standard InChI is InChI=1S/C14H20N2O5/c1-9-4-5-10(13(18)19)6-12(9)15-14(20)16(2)7-11(17)8-21-3/h4-6,11,17H,7-8H2,1-3H3,(H,15,20)(H,18,19). The molecular weight excluding hydrogens is 276 g/mol. The molecule has 7 nitrogen and oxygen atoms in total. The average Bonchev–Trinajstić information content (AvgIpc) is 2.40. The zero-order valence-electron chi connectivity index (χ0n) is 12.3. The van der Waals surface area contributed by atoms with Gasteiger partial charge >= 0.3 is 12.0 Å². The third-order valence-electron chi connectivity index (χ3n) is 2.92. The van der Waals surface area contributed by atoms with Crippen LogP contribution in [0, 0.1) is 6.92 Å². The van der Waals surface area contributed by atoms with Gasteiger partial charge in [0, 0.05) is 19.8 Å². The Hall–Kier alpha value is -2.12. The lowest BCUT2D eigenvalue weighted by atomic mass is 10.1. The van der Waals surface area contributed by atoms with Crippen molar-refractivity contribution in [1.29, 1.82) is 0 Å². The van der Waals surface area contributed by atoms with Crippen LogP contribution in [0.15, 0.2) is 18.2 Å². The van der Waals surface area contributed by atoms with Crippen LogP contribution in [0.1, 0.15) is 15.9 Å². The summed E-state index contributed by atoms with van der Waals surface area (Å²) in [5.41, 5.74) is 1.27. The van der Waals surface area contributed by atoms with Crippen LogP contribution in [0.25, 0.3) is 0 Å². The number of nitrogens with zero attached hydrogens (tertiary/aromatic N) is 1. The van der Waals surface area contributed by atoms with Crippen molar-refractivity contribution in [3.8, 4) is 0 Å². The second kappa shape index (κ2) is 7.61. The second-order valence-electron chi connectivity index (χ2n) is 4.75. The predicted octanol–water partition coefficient (Wildman–Crippen LogP) is 1.16. The van der Waals surface area contributed by atoms with Gasteiger partial charge in [0.1, 0.15) is 0 Å². The topological polar surface area (TPSA) is 99.1 Å². The Morgan fingerprint density at radius 2 is 2.10 bits per heavy atom. The van der Waals surface area contributed by atoms with Gasteiger partial charge in [-0.1, -0.05) is 6.07 Å². The zero-order chi connectivity index (χ0) is 16.0. The van der Waals surface area contributed by atoms with Crippen LogP contribution >= 0.6 is 0 Å². The van der Waals surface area contributed by atoms with Crippen molar-refractivity contribution in [3.63, 3.8) is 0 Å². The van der Waals surface area contributed by atoms with Gasteiger partial charge < -0.3 is 25.2 Å². The number of carbonyl (C=O) groups excluding carboxylic acids is 1. The number of hydrogen-bond acceptors (Lipinski definition) is 4. The van der Waals surface area contributed by atoms with Crippen LogP contribution in [0.2, 0.25) is 0 Å². The fraction of sp³-hybridized carbons (Fsp3) is 0.429. The third kappa shape index (κ3) is 5.05. The molecule has 0 heterocycles. The molecule has 0 fully saturated rings. The molecule has 1 atom stereocenters. The van der Waals surface area contributed by atoms with E-state index in [1.165, 1.54) is 31.2 Å². The highest BCUT2D eigenvalue weighted by atomic mass is 16.5.